The van der Waals surface area contributed by atoms with Gasteiger partial charge < -0.3 is 0 Å². The van der Waals surface area contributed by atoms with Crippen molar-refractivity contribution in [2.45, 2.75) is 418 Å². The smallest absolute Gasteiger partial charge is 0.0368 e. The summed E-state index contributed by atoms with van der Waals surface area (Å²) in [5.41, 5.74) is 0. The summed E-state index contributed by atoms with van der Waals surface area (Å²) in [5, 5.41) is 0. The molecule has 90 heavy (non-hydrogen) atoms. The normalized spacial score (nSPS) is 27.8. The van der Waals surface area contributed by atoms with Crippen LogP contribution in [0.3, 0.4) is 0 Å². The molecule has 1 aromatic carbocycles. The van der Waals surface area contributed by atoms with Crippen molar-refractivity contribution >= 4 is 70.6 Å². The van der Waals surface area contributed by atoms with Gasteiger partial charge in [0.25, 0.3) is 0 Å². The molecule has 0 bridgehead atoms. The van der Waals surface area contributed by atoms with Crippen molar-refractivity contribution in [1.29, 1.82) is 0 Å². The minimum atomic E-state index is 0.884. The maximum atomic E-state index is 2.47. The molecule has 6 aliphatic rings. The Morgan fingerprint density at radius 3 is 0.411 bits per heavy atom. The van der Waals surface area contributed by atoms with Gasteiger partial charge in [-0.3, -0.25) is 0 Å². The molecule has 0 aromatic heterocycles. The van der Waals surface area contributed by atoms with Gasteiger partial charge in [-0.2, -0.15) is 0 Å². The average molecular weight is 1350 g/mol. The SMILES string of the molecule is CCCCCCC1CCC(CSc2c(SCC3CCC(CCCCCC)CC3)c(SCC3CCC(CCCCCC)CC3)c(SCC3CCC(CCCCCC)CC3)c(SCC3CCC(CCCCCC)CC3)c2SCC2CCC(CCCCCC)CC2)CC1. The minimum absolute atomic E-state index is 0.884. The lowest BCUT2D eigenvalue weighted by Crippen LogP contribution is -2.18. The van der Waals surface area contributed by atoms with E-state index in [1.165, 1.54) is 381 Å². The number of hydrogen-bond acceptors (Lipinski definition) is 6. The largest absolute Gasteiger partial charge is 0.123 e. The van der Waals surface area contributed by atoms with Crippen LogP contribution in [0.5, 0.6) is 0 Å². The topological polar surface area (TPSA) is 0 Å². The summed E-state index contributed by atoms with van der Waals surface area (Å²) in [6.45, 7) is 14.3. The summed E-state index contributed by atoms with van der Waals surface area (Å²) in [7, 11) is 0. The number of rotatable bonds is 48. The van der Waals surface area contributed by atoms with Gasteiger partial charge in [-0.05, 0) is 148 Å². The van der Waals surface area contributed by atoms with Crippen LogP contribution in [0.2, 0.25) is 0 Å². The Morgan fingerprint density at radius 2 is 0.289 bits per heavy atom. The first-order valence-corrected chi connectivity index (χ1v) is 47.3. The standard InChI is InChI=1S/C84H150S6/c1-7-13-19-25-31-67-37-49-73(50-38-67)61-85-79-80(86-62-74-51-39-68(40-52-74)32-26-20-14-8-2)82(88-64-76-55-43-70(44-56-76)34-28-22-16-10-4)84(90-66-78-59-47-72(48-60-78)36-30-24-18-12-6)83(89-65-77-57-45-71(46-58-77)35-29-23-17-11-5)81(79)87-63-75-53-41-69(42-54-75)33-27-21-15-9-3/h67-78H,7-66H2,1-6H3. The number of thioether (sulfide) groups is 6. The van der Waals surface area contributed by atoms with Gasteiger partial charge in [0.1, 0.15) is 0 Å². The predicted octanol–water partition coefficient (Wildman–Crippen LogP) is 30.9. The first-order valence-electron chi connectivity index (χ1n) is 41.4. The Balaban J connectivity index is 1.25. The highest BCUT2D eigenvalue weighted by Gasteiger charge is 2.34. The molecule has 6 saturated carbocycles. The van der Waals surface area contributed by atoms with E-state index in [-0.39, 0.29) is 0 Å². The molecule has 522 valence electrons. The summed E-state index contributed by atoms with van der Waals surface area (Å²) in [4.78, 5) is 11.0. The van der Waals surface area contributed by atoms with Gasteiger partial charge in [-0.15, -0.1) is 70.6 Å². The van der Waals surface area contributed by atoms with E-state index in [9.17, 15) is 0 Å². The molecule has 0 nitrogen and oxygen atoms in total. The molecule has 0 radical (unpaired) electrons. The van der Waals surface area contributed by atoms with Gasteiger partial charge in [0.15, 0.2) is 0 Å². The van der Waals surface area contributed by atoms with Gasteiger partial charge in [0, 0.05) is 63.9 Å². The van der Waals surface area contributed by atoms with E-state index < -0.39 is 0 Å². The quantitative estimate of drug-likeness (QED) is 0.0468. The molecular weight excluding hydrogens is 1200 g/mol. The molecule has 0 aliphatic heterocycles. The minimum Gasteiger partial charge on any atom is -0.123 e. The van der Waals surface area contributed by atoms with Crippen LogP contribution in [-0.4, -0.2) is 34.5 Å². The van der Waals surface area contributed by atoms with Crippen LogP contribution in [0.15, 0.2) is 29.4 Å². The first kappa shape index (κ1) is 78.7. The molecule has 7 rings (SSSR count). The molecule has 6 heteroatoms. The zero-order chi connectivity index (χ0) is 63.1. The molecular formula is C84H150S6. The summed E-state index contributed by atoms with van der Waals surface area (Å²) in [6.07, 6.45) is 79.4. The third kappa shape index (κ3) is 30.4. The molecule has 0 amide bonds. The van der Waals surface area contributed by atoms with Crippen LogP contribution < -0.4 is 0 Å². The molecule has 0 heterocycles. The van der Waals surface area contributed by atoms with Crippen LogP contribution in [-0.2, 0) is 0 Å². The summed E-state index contributed by atoms with van der Waals surface area (Å²) >= 11 is 14.8. The zero-order valence-electron chi connectivity index (χ0n) is 60.8. The van der Waals surface area contributed by atoms with Gasteiger partial charge in [0.05, 0.1) is 0 Å². The Morgan fingerprint density at radius 1 is 0.167 bits per heavy atom. The molecule has 0 saturated heterocycles. The molecule has 6 fully saturated rings. The number of benzene rings is 1. The highest BCUT2D eigenvalue weighted by molar-refractivity contribution is 8.06. The molecule has 1 aromatic rings. The molecule has 0 N–H and O–H groups in total. The van der Waals surface area contributed by atoms with Gasteiger partial charge in [-0.1, -0.05) is 311 Å². The van der Waals surface area contributed by atoms with Crippen molar-refractivity contribution in [3.63, 3.8) is 0 Å². The average Bonchev–Trinajstić information content (AvgIpc) is 0.805. The fourth-order valence-electron chi connectivity index (χ4n) is 17.9. The zero-order valence-corrected chi connectivity index (χ0v) is 65.7. The van der Waals surface area contributed by atoms with Gasteiger partial charge >= 0.3 is 0 Å². The second-order valence-electron chi connectivity index (χ2n) is 32.3. The maximum absolute atomic E-state index is 2.47. The van der Waals surface area contributed by atoms with Crippen molar-refractivity contribution in [2.75, 3.05) is 34.5 Å². The van der Waals surface area contributed by atoms with Crippen LogP contribution >= 0.6 is 70.6 Å². The summed E-state index contributed by atoms with van der Waals surface area (Å²) in [6, 6.07) is 0. The first-order chi connectivity index (χ1) is 44.4. The lowest BCUT2D eigenvalue weighted by Gasteiger charge is -2.33. The van der Waals surface area contributed by atoms with E-state index in [1.54, 1.807) is 0 Å². The van der Waals surface area contributed by atoms with Crippen molar-refractivity contribution in [3.8, 4) is 0 Å². The van der Waals surface area contributed by atoms with Crippen LogP contribution in [0.4, 0.5) is 0 Å². The summed E-state index contributed by atoms with van der Waals surface area (Å²) < 4.78 is 0. The van der Waals surface area contributed by atoms with E-state index in [4.69, 9.17) is 0 Å². The predicted molar refractivity (Wildman–Crippen MR) is 416 cm³/mol. The van der Waals surface area contributed by atoms with Gasteiger partial charge in [-0.25, -0.2) is 0 Å². The van der Waals surface area contributed by atoms with Crippen molar-refractivity contribution in [2.24, 2.45) is 71.0 Å². The Kier molecular flexibility index (Phi) is 42.8. The molecule has 0 spiro atoms. The number of unbranched alkanes of at least 4 members (excludes halogenated alkanes) is 18. The number of hydrogen-bond donors (Lipinski definition) is 0. The van der Waals surface area contributed by atoms with E-state index in [1.807, 2.05) is 29.4 Å². The van der Waals surface area contributed by atoms with E-state index in [0.29, 0.717) is 0 Å². The Bertz CT molecular complexity index is 1520. The van der Waals surface area contributed by atoms with Crippen LogP contribution in [0, 0.1) is 71.0 Å². The molecule has 0 unspecified atom stereocenters. The molecule has 0 atom stereocenters. The highest BCUT2D eigenvalue weighted by Crippen LogP contribution is 2.58. The lowest BCUT2D eigenvalue weighted by molar-refractivity contribution is 0.274. The van der Waals surface area contributed by atoms with E-state index >= 15 is 0 Å². The van der Waals surface area contributed by atoms with Crippen LogP contribution in [0.25, 0.3) is 0 Å². The fraction of sp³-hybridized carbons (Fsp3) is 0.929. The van der Waals surface area contributed by atoms with Crippen LogP contribution in [0.1, 0.15) is 388 Å². The fourth-order valence-corrected chi connectivity index (χ4v) is 27.6. The highest BCUT2D eigenvalue weighted by atomic mass is 32.2. The molecule has 6 aliphatic carbocycles. The Labute approximate surface area is 589 Å². The third-order valence-corrected chi connectivity index (χ3v) is 33.4. The van der Waals surface area contributed by atoms with E-state index in [0.717, 1.165) is 71.0 Å². The summed E-state index contributed by atoms with van der Waals surface area (Å²) in [5.74, 6) is 19.5. The second kappa shape index (κ2) is 49.0. The lowest BCUT2D eigenvalue weighted by atomic mass is 9.80. The van der Waals surface area contributed by atoms with Crippen molar-refractivity contribution in [3.05, 3.63) is 0 Å². The maximum Gasteiger partial charge on any atom is 0.0368 e. The van der Waals surface area contributed by atoms with Crippen molar-refractivity contribution in [1.82, 2.24) is 0 Å². The van der Waals surface area contributed by atoms with E-state index in [2.05, 4.69) is 112 Å². The Hall–Kier alpha value is 1.32. The monoisotopic (exact) mass is 1350 g/mol. The third-order valence-electron chi connectivity index (χ3n) is 24.6. The second-order valence-corrected chi connectivity index (χ2v) is 38.4. The van der Waals surface area contributed by atoms with Crippen molar-refractivity contribution < 1.29 is 0 Å². The van der Waals surface area contributed by atoms with Gasteiger partial charge in [0.2, 0.25) is 0 Å².